The third-order valence-electron chi connectivity index (χ3n) is 3.59. The second kappa shape index (κ2) is 7.91. The molecule has 0 aliphatic carbocycles. The molecular weight excluding hydrogens is 270 g/mol. The lowest BCUT2D eigenvalue weighted by Gasteiger charge is -2.35. The highest BCUT2D eigenvalue weighted by atomic mass is 32.2. The van der Waals surface area contributed by atoms with Crippen LogP contribution in [0.25, 0.3) is 0 Å². The molecule has 1 heterocycles. The maximum absolute atomic E-state index is 9.07. The lowest BCUT2D eigenvalue weighted by Crippen LogP contribution is -2.38. The van der Waals surface area contributed by atoms with Gasteiger partial charge in [0.15, 0.2) is 0 Å². The van der Waals surface area contributed by atoms with Crippen LogP contribution in [0.2, 0.25) is 0 Å². The molecule has 1 aliphatic heterocycles. The Morgan fingerprint density at radius 3 is 3.00 bits per heavy atom. The van der Waals surface area contributed by atoms with E-state index >= 15 is 0 Å². The fourth-order valence-electron chi connectivity index (χ4n) is 2.54. The van der Waals surface area contributed by atoms with Gasteiger partial charge in [0.05, 0.1) is 11.3 Å². The van der Waals surface area contributed by atoms with Gasteiger partial charge in [-0.05, 0) is 25.5 Å². The van der Waals surface area contributed by atoms with Crippen LogP contribution in [0.5, 0.6) is 5.75 Å². The number of ether oxygens (including phenoxy) is 1. The number of hydrogen-bond donors (Lipinski definition) is 2. The molecule has 0 amide bonds. The summed E-state index contributed by atoms with van der Waals surface area (Å²) >= 11 is 1.92. The van der Waals surface area contributed by atoms with Crippen LogP contribution in [0.1, 0.15) is 38.3 Å². The second-order valence-electron chi connectivity index (χ2n) is 5.28. The third kappa shape index (κ3) is 3.90. The zero-order valence-corrected chi connectivity index (χ0v) is 13.2. The fourth-order valence-corrected chi connectivity index (χ4v) is 3.93. The molecule has 1 aromatic carbocycles. The van der Waals surface area contributed by atoms with Crippen molar-refractivity contribution in [2.24, 2.45) is 0 Å². The van der Waals surface area contributed by atoms with Crippen LogP contribution in [-0.2, 0) is 0 Å². The molecule has 2 rings (SSSR count). The van der Waals surface area contributed by atoms with E-state index in [0.29, 0.717) is 16.5 Å². The number of benzene rings is 1. The van der Waals surface area contributed by atoms with Crippen LogP contribution in [0.15, 0.2) is 24.3 Å². The predicted molar refractivity (Wildman–Crippen MR) is 85.5 cm³/mol. The fraction of sp³-hybridized carbons (Fsp3) is 0.625. The van der Waals surface area contributed by atoms with Gasteiger partial charge < -0.3 is 15.2 Å². The summed E-state index contributed by atoms with van der Waals surface area (Å²) in [6.45, 7) is 6.38. The standard InChI is InChI=1S/C16H25NO2S/c1-3-9-17-16-13-6-4-5-7-14(13)19-11-15(16)20-12(2)8-10-18/h4-7,12,15-18H,3,8-11H2,1-2H3. The smallest absolute Gasteiger partial charge is 0.124 e. The van der Waals surface area contributed by atoms with Crippen molar-refractivity contribution in [2.75, 3.05) is 19.8 Å². The van der Waals surface area contributed by atoms with Gasteiger partial charge in [0, 0.05) is 17.4 Å². The number of fused-ring (bicyclic) bond motifs is 1. The van der Waals surface area contributed by atoms with Crippen LogP contribution in [0.3, 0.4) is 0 Å². The molecule has 0 fully saturated rings. The van der Waals surface area contributed by atoms with E-state index in [1.807, 2.05) is 23.9 Å². The zero-order valence-electron chi connectivity index (χ0n) is 12.3. The predicted octanol–water partition coefficient (Wildman–Crippen LogP) is 2.99. The van der Waals surface area contributed by atoms with E-state index in [2.05, 4.69) is 31.3 Å². The van der Waals surface area contributed by atoms with E-state index in [9.17, 15) is 0 Å². The Labute approximate surface area is 126 Å². The molecule has 2 N–H and O–H groups in total. The van der Waals surface area contributed by atoms with Crippen molar-refractivity contribution < 1.29 is 9.84 Å². The van der Waals surface area contributed by atoms with Crippen LogP contribution < -0.4 is 10.1 Å². The minimum atomic E-state index is 0.255. The molecule has 20 heavy (non-hydrogen) atoms. The maximum atomic E-state index is 9.07. The number of thioether (sulfide) groups is 1. The highest BCUT2D eigenvalue weighted by molar-refractivity contribution is 8.00. The molecule has 112 valence electrons. The van der Waals surface area contributed by atoms with Gasteiger partial charge in [0.25, 0.3) is 0 Å². The first-order chi connectivity index (χ1) is 9.76. The van der Waals surface area contributed by atoms with Crippen molar-refractivity contribution in [3.8, 4) is 5.75 Å². The molecule has 1 aliphatic rings. The molecule has 0 saturated carbocycles. The van der Waals surface area contributed by atoms with Gasteiger partial charge in [-0.15, -0.1) is 11.8 Å². The number of aliphatic hydroxyl groups excluding tert-OH is 1. The minimum absolute atomic E-state index is 0.255. The summed E-state index contributed by atoms with van der Waals surface area (Å²) in [5.41, 5.74) is 1.26. The summed E-state index contributed by atoms with van der Waals surface area (Å²) in [4.78, 5) is 0. The van der Waals surface area contributed by atoms with Crippen molar-refractivity contribution in [2.45, 2.75) is 43.2 Å². The van der Waals surface area contributed by atoms with Gasteiger partial charge in [-0.25, -0.2) is 0 Å². The first-order valence-electron chi connectivity index (χ1n) is 7.47. The molecule has 0 spiro atoms. The van der Waals surface area contributed by atoms with E-state index in [0.717, 1.165) is 31.7 Å². The first kappa shape index (κ1) is 15.7. The number of nitrogens with one attached hydrogen (secondary N) is 1. The Hall–Kier alpha value is -0.710. The highest BCUT2D eigenvalue weighted by Gasteiger charge is 2.31. The number of hydrogen-bond acceptors (Lipinski definition) is 4. The van der Waals surface area contributed by atoms with E-state index < -0.39 is 0 Å². The van der Waals surface area contributed by atoms with E-state index in [4.69, 9.17) is 9.84 Å². The van der Waals surface area contributed by atoms with E-state index in [1.165, 1.54) is 5.56 Å². The Kier molecular flexibility index (Phi) is 6.20. The van der Waals surface area contributed by atoms with Gasteiger partial charge in [-0.3, -0.25) is 0 Å². The number of rotatable bonds is 7. The van der Waals surface area contributed by atoms with Crippen molar-refractivity contribution in [1.29, 1.82) is 0 Å². The average molecular weight is 295 g/mol. The maximum Gasteiger partial charge on any atom is 0.124 e. The Morgan fingerprint density at radius 2 is 2.25 bits per heavy atom. The third-order valence-corrected chi connectivity index (χ3v) is 5.04. The monoisotopic (exact) mass is 295 g/mol. The highest BCUT2D eigenvalue weighted by Crippen LogP contribution is 2.38. The van der Waals surface area contributed by atoms with Crippen LogP contribution >= 0.6 is 11.8 Å². The molecule has 0 aromatic heterocycles. The number of para-hydroxylation sites is 1. The Balaban J connectivity index is 2.11. The van der Waals surface area contributed by atoms with Gasteiger partial charge in [-0.1, -0.05) is 32.0 Å². The summed E-state index contributed by atoms with van der Waals surface area (Å²) in [5, 5.41) is 13.6. The Bertz CT molecular complexity index is 413. The van der Waals surface area contributed by atoms with Crippen LogP contribution in [-0.4, -0.2) is 35.4 Å². The van der Waals surface area contributed by atoms with Gasteiger partial charge in [0.1, 0.15) is 12.4 Å². The zero-order chi connectivity index (χ0) is 14.4. The van der Waals surface area contributed by atoms with Crippen LogP contribution in [0.4, 0.5) is 0 Å². The average Bonchev–Trinajstić information content (AvgIpc) is 2.46. The summed E-state index contributed by atoms with van der Waals surface area (Å²) in [6, 6.07) is 8.65. The topological polar surface area (TPSA) is 41.5 Å². The van der Waals surface area contributed by atoms with Crippen molar-refractivity contribution in [3.63, 3.8) is 0 Å². The second-order valence-corrected chi connectivity index (χ2v) is 6.96. The number of aliphatic hydroxyl groups is 1. The van der Waals surface area contributed by atoms with Gasteiger partial charge in [-0.2, -0.15) is 0 Å². The lowest BCUT2D eigenvalue weighted by atomic mass is 10.00. The first-order valence-corrected chi connectivity index (χ1v) is 8.42. The molecule has 3 nitrogen and oxygen atoms in total. The van der Waals surface area contributed by atoms with Crippen molar-refractivity contribution >= 4 is 11.8 Å². The summed E-state index contributed by atoms with van der Waals surface area (Å²) < 4.78 is 5.90. The van der Waals surface area contributed by atoms with Crippen molar-refractivity contribution in [3.05, 3.63) is 29.8 Å². The Morgan fingerprint density at radius 1 is 1.45 bits per heavy atom. The summed E-state index contributed by atoms with van der Waals surface area (Å²) in [7, 11) is 0. The van der Waals surface area contributed by atoms with Gasteiger partial charge in [0.2, 0.25) is 0 Å². The molecule has 4 heteroatoms. The molecule has 0 bridgehead atoms. The normalized spacial score (nSPS) is 22.9. The molecule has 0 radical (unpaired) electrons. The SMILES string of the molecule is CCCNC1c2ccccc2OCC1SC(C)CCO. The lowest BCUT2D eigenvalue weighted by molar-refractivity contribution is 0.259. The summed E-state index contributed by atoms with van der Waals surface area (Å²) in [5.74, 6) is 1.01. The minimum Gasteiger partial charge on any atom is -0.492 e. The molecule has 1 aromatic rings. The molecule has 0 saturated heterocycles. The quantitative estimate of drug-likeness (QED) is 0.811. The van der Waals surface area contributed by atoms with Crippen LogP contribution in [0, 0.1) is 0 Å². The van der Waals surface area contributed by atoms with Crippen molar-refractivity contribution in [1.82, 2.24) is 5.32 Å². The van der Waals surface area contributed by atoms with E-state index in [-0.39, 0.29) is 6.61 Å². The summed E-state index contributed by atoms with van der Waals surface area (Å²) in [6.07, 6.45) is 1.96. The molecule has 3 atom stereocenters. The molecular formula is C16H25NO2S. The molecule has 3 unspecified atom stereocenters. The largest absolute Gasteiger partial charge is 0.492 e. The van der Waals surface area contributed by atoms with Gasteiger partial charge >= 0.3 is 0 Å². The van der Waals surface area contributed by atoms with E-state index in [1.54, 1.807) is 0 Å².